The first-order chi connectivity index (χ1) is 36.2. The molecule has 0 aliphatic carbocycles. The van der Waals surface area contributed by atoms with Crippen LogP contribution in [0.1, 0.15) is 11.1 Å². The summed E-state index contributed by atoms with van der Waals surface area (Å²) in [7, 11) is 1.23. The van der Waals surface area contributed by atoms with Crippen LogP contribution in [0.15, 0.2) is 158 Å². The van der Waals surface area contributed by atoms with E-state index in [1.807, 2.05) is 18.2 Å². The van der Waals surface area contributed by atoms with Gasteiger partial charge < -0.3 is 38.3 Å². The van der Waals surface area contributed by atoms with Gasteiger partial charge >= 0.3 is 24.3 Å². The van der Waals surface area contributed by atoms with Gasteiger partial charge in [-0.15, -0.1) is 0 Å². The fraction of sp³-hybridized carbons (Fsp3) is 0.231. The summed E-state index contributed by atoms with van der Waals surface area (Å²) in [5, 5.41) is 42.2. The lowest BCUT2D eigenvalue weighted by atomic mass is 9.92. The zero-order valence-electron chi connectivity index (χ0n) is 39.9. The van der Waals surface area contributed by atoms with Crippen molar-refractivity contribution in [2.45, 2.75) is 48.9 Å². The Bertz CT molecular complexity index is 3360. The van der Waals surface area contributed by atoms with Crippen LogP contribution in [0.3, 0.4) is 0 Å². The van der Waals surface area contributed by atoms with Crippen molar-refractivity contribution in [2.24, 2.45) is 0 Å². The number of imidazole rings is 2. The third-order valence-electron chi connectivity index (χ3n) is 12.0. The molecule has 0 bridgehead atoms. The molecule has 0 spiro atoms. The van der Waals surface area contributed by atoms with Gasteiger partial charge in [-0.05, 0) is 36.4 Å². The fourth-order valence-electron chi connectivity index (χ4n) is 8.45. The molecule has 0 aliphatic heterocycles. The number of nitrogens with zero attached hydrogens (tertiary/aromatic N) is 6. The van der Waals surface area contributed by atoms with Crippen molar-refractivity contribution in [3.05, 3.63) is 189 Å². The van der Waals surface area contributed by atoms with Gasteiger partial charge in [-0.25, -0.2) is 19.6 Å². The number of carbonyl (C=O) groups is 2. The van der Waals surface area contributed by atoms with Crippen molar-refractivity contribution in [1.82, 2.24) is 19.1 Å². The van der Waals surface area contributed by atoms with E-state index >= 15 is 0 Å². The highest BCUT2D eigenvalue weighted by molar-refractivity contribution is 5.86. The molecule has 18 nitrogen and oxygen atoms in total. The number of esters is 2. The molecular weight excluding hydrogens is 1010 g/mol. The average Bonchev–Trinajstić information content (AvgIpc) is 3.98. The van der Waals surface area contributed by atoms with Gasteiger partial charge in [-0.3, -0.25) is 20.2 Å². The van der Waals surface area contributed by atoms with Crippen LogP contribution < -0.4 is 0 Å². The molecule has 0 saturated heterocycles. The van der Waals surface area contributed by atoms with Gasteiger partial charge in [-0.2, -0.15) is 26.3 Å². The van der Waals surface area contributed by atoms with E-state index in [1.54, 1.807) is 41.0 Å². The van der Waals surface area contributed by atoms with E-state index in [2.05, 4.69) is 9.97 Å². The number of benzene rings is 6. The molecule has 2 aromatic heterocycles. The minimum atomic E-state index is -5.45. The van der Waals surface area contributed by atoms with E-state index in [9.17, 15) is 61.3 Å². The van der Waals surface area contributed by atoms with Crippen molar-refractivity contribution >= 4 is 45.4 Å². The normalized spacial score (nSPS) is 14.1. The Hall–Kier alpha value is -8.58. The summed E-state index contributed by atoms with van der Waals surface area (Å²) in [5.41, 5.74) is -7.07. The summed E-state index contributed by atoms with van der Waals surface area (Å²) in [4.78, 5) is 58.3. The van der Waals surface area contributed by atoms with Crippen LogP contribution >= 0.6 is 0 Å². The predicted octanol–water partition coefficient (Wildman–Crippen LogP) is 9.24. The van der Waals surface area contributed by atoms with Crippen molar-refractivity contribution in [3.63, 3.8) is 0 Å². The predicted molar refractivity (Wildman–Crippen MR) is 260 cm³/mol. The first kappa shape index (κ1) is 55.2. The lowest BCUT2D eigenvalue weighted by Gasteiger charge is -2.35. The summed E-state index contributed by atoms with van der Waals surface area (Å²) >= 11 is 0. The number of nitro groups is 2. The Morgan fingerprint density at radius 2 is 0.961 bits per heavy atom. The quantitative estimate of drug-likeness (QED) is 0.0353. The van der Waals surface area contributed by atoms with E-state index in [-0.39, 0.29) is 34.7 Å². The van der Waals surface area contributed by atoms with E-state index in [0.29, 0.717) is 31.1 Å². The molecule has 2 unspecified atom stereocenters. The van der Waals surface area contributed by atoms with E-state index in [1.165, 1.54) is 83.4 Å². The van der Waals surface area contributed by atoms with Crippen LogP contribution in [0.5, 0.6) is 0 Å². The van der Waals surface area contributed by atoms with Gasteiger partial charge in [0.05, 0.1) is 68.8 Å². The minimum Gasteiger partial charge on any atom is -0.459 e. The molecule has 76 heavy (non-hydrogen) atoms. The van der Waals surface area contributed by atoms with Crippen LogP contribution in [-0.4, -0.2) is 103 Å². The largest absolute Gasteiger partial charge is 0.459 e. The Kier molecular flexibility index (Phi) is 16.6. The molecule has 2 heterocycles. The first-order valence-corrected chi connectivity index (χ1v) is 22.6. The Balaban J connectivity index is 0.000000302. The number of alkyl halides is 6. The summed E-state index contributed by atoms with van der Waals surface area (Å²) in [5.74, 6) is -3.79. The highest BCUT2D eigenvalue weighted by Crippen LogP contribution is 2.45. The molecule has 24 heteroatoms. The highest BCUT2D eigenvalue weighted by atomic mass is 19.4. The number of aliphatic hydroxyl groups is 2. The van der Waals surface area contributed by atoms with Crippen molar-refractivity contribution in [2.75, 3.05) is 27.4 Å². The third kappa shape index (κ3) is 10.8. The molecule has 6 aromatic carbocycles. The minimum absolute atomic E-state index is 0.0532. The van der Waals surface area contributed by atoms with Crippen LogP contribution in [0, 0.1) is 20.2 Å². The van der Waals surface area contributed by atoms with E-state index < -0.39 is 94.1 Å². The Morgan fingerprint density at radius 1 is 0.579 bits per heavy atom. The number of para-hydroxylation sites is 6. The number of carbonyl (C=O) groups excluding carboxylic acids is 2. The second-order valence-electron chi connectivity index (χ2n) is 16.6. The van der Waals surface area contributed by atoms with Crippen LogP contribution in [-0.2, 0) is 52.8 Å². The number of fused-ring (bicyclic) bond motifs is 2. The number of aromatic nitrogens is 4. The summed E-state index contributed by atoms with van der Waals surface area (Å²) in [6.45, 7) is -2.29. The van der Waals surface area contributed by atoms with Gasteiger partial charge in [-0.1, -0.05) is 109 Å². The first-order valence-electron chi connectivity index (χ1n) is 22.6. The van der Waals surface area contributed by atoms with Crippen molar-refractivity contribution < 1.29 is 74.9 Å². The van der Waals surface area contributed by atoms with Gasteiger partial charge in [0.2, 0.25) is 0 Å². The number of rotatable bonds is 18. The number of nitro benzene ring substituents is 2. The molecule has 0 amide bonds. The van der Waals surface area contributed by atoms with E-state index in [4.69, 9.17) is 24.1 Å². The zero-order valence-corrected chi connectivity index (χ0v) is 39.9. The summed E-state index contributed by atoms with van der Waals surface area (Å²) in [6, 6.07) is 36.6. The maximum Gasteiger partial charge on any atom is 0.432 e. The Labute approximate surface area is 426 Å². The summed E-state index contributed by atoms with van der Waals surface area (Å²) < 4.78 is 112. The monoisotopic (exact) mass is 1060 g/mol. The third-order valence-corrected chi connectivity index (χ3v) is 12.0. The van der Waals surface area contributed by atoms with Gasteiger partial charge in [0, 0.05) is 37.5 Å². The van der Waals surface area contributed by atoms with Crippen LogP contribution in [0.25, 0.3) is 44.8 Å². The Morgan fingerprint density at radius 3 is 1.37 bits per heavy atom. The average molecular weight is 1060 g/mol. The smallest absolute Gasteiger partial charge is 0.432 e. The molecule has 0 fully saturated rings. The molecule has 4 atom stereocenters. The molecule has 2 N–H and O–H groups in total. The molecular formula is C52H44F6N6O12. The number of halogens is 6. The number of hydrogen-bond donors (Lipinski definition) is 2. The molecule has 0 radical (unpaired) electrons. The SMILES string of the molecule is CO[C@@](C(=O)OCC(Cn1c(-c2ccccc2[N+](=O)[O-])nc2ccccc21)OC(=O)[C@](OC)(c1ccccc1)C(F)(F)F)(c1ccccc1)C(F)(F)F.O=[N+]([O-])c1ccccc1-c1nc2ccccc2n1CC(O)CO. The highest BCUT2D eigenvalue weighted by Gasteiger charge is 2.65. The lowest BCUT2D eigenvalue weighted by molar-refractivity contribution is -0.384. The van der Waals surface area contributed by atoms with Crippen LogP contribution in [0.4, 0.5) is 37.7 Å². The molecule has 0 saturated carbocycles. The van der Waals surface area contributed by atoms with Gasteiger partial charge in [0.1, 0.15) is 18.3 Å². The number of ether oxygens (including phenoxy) is 4. The van der Waals surface area contributed by atoms with Crippen molar-refractivity contribution in [1.29, 1.82) is 0 Å². The van der Waals surface area contributed by atoms with Crippen LogP contribution in [0.2, 0.25) is 0 Å². The van der Waals surface area contributed by atoms with E-state index in [0.717, 1.165) is 29.8 Å². The number of methoxy groups -OCH3 is 2. The second-order valence-corrected chi connectivity index (χ2v) is 16.6. The standard InChI is InChI=1S/C36H29F6N3O8.C16H15N3O4/c1-50-33(35(37,38)39,23-13-5-3-6-14-23)31(46)52-22-25(53-32(47)34(51-2,36(40,41)42)24-15-7-4-8-16-24)21-44-29-20-12-10-18-27(29)43-30(44)26-17-9-11-19-28(26)45(48)49;20-10-11(21)9-18-15-8-4-2-6-13(15)17-16(18)12-5-1-3-7-14(12)19(22)23/h3-20,25H,21-22H2,1-2H3;1-8,11,20-21H,9-10H2/t25?,33-,34-;/m1./s1. The van der Waals surface area contributed by atoms with Gasteiger partial charge in [0.15, 0.2) is 6.10 Å². The maximum absolute atomic E-state index is 14.9. The molecule has 396 valence electrons. The maximum atomic E-state index is 14.9. The zero-order chi connectivity index (χ0) is 55.0. The lowest BCUT2D eigenvalue weighted by Crippen LogP contribution is -2.54. The molecule has 8 rings (SSSR count). The van der Waals surface area contributed by atoms with Crippen molar-refractivity contribution in [3.8, 4) is 22.8 Å². The molecule has 8 aromatic rings. The number of aliphatic hydroxyl groups excluding tert-OH is 2. The fourth-order valence-corrected chi connectivity index (χ4v) is 8.45. The second kappa shape index (κ2) is 22.9. The summed E-state index contributed by atoms with van der Waals surface area (Å²) in [6.07, 6.45) is -13.8. The number of hydrogen-bond acceptors (Lipinski definition) is 14. The van der Waals surface area contributed by atoms with Gasteiger partial charge in [0.25, 0.3) is 22.6 Å². The molecule has 0 aliphatic rings. The topological polar surface area (TPSA) is 233 Å².